The van der Waals surface area contributed by atoms with Crippen molar-refractivity contribution in [1.29, 1.82) is 0 Å². The number of nitrogen functional groups attached to an aromatic ring is 1. The van der Waals surface area contributed by atoms with Crippen molar-refractivity contribution in [2.75, 3.05) is 17.6 Å². The molecule has 1 aromatic carbocycles. The van der Waals surface area contributed by atoms with Crippen molar-refractivity contribution in [3.63, 3.8) is 0 Å². The van der Waals surface area contributed by atoms with E-state index in [2.05, 4.69) is 12.2 Å². The summed E-state index contributed by atoms with van der Waals surface area (Å²) < 4.78 is 13.2. The lowest BCUT2D eigenvalue weighted by molar-refractivity contribution is 0.00231. The average Bonchev–Trinajstić information content (AvgIpc) is 2.42. The van der Waals surface area contributed by atoms with Gasteiger partial charge in [-0.25, -0.2) is 4.39 Å². The molecule has 0 bridgehead atoms. The zero-order chi connectivity index (χ0) is 14.8. The van der Waals surface area contributed by atoms with Crippen LogP contribution in [0.4, 0.5) is 15.8 Å². The highest BCUT2D eigenvalue weighted by Gasteiger charge is 2.32. The van der Waals surface area contributed by atoms with Gasteiger partial charge >= 0.3 is 0 Å². The van der Waals surface area contributed by atoms with Crippen LogP contribution in [-0.2, 0) is 0 Å². The number of nitrogens with one attached hydrogen (secondary N) is 1. The third-order valence-corrected chi connectivity index (χ3v) is 4.60. The van der Waals surface area contributed by atoms with Crippen LogP contribution in [0, 0.1) is 11.7 Å². The van der Waals surface area contributed by atoms with Gasteiger partial charge in [0.2, 0.25) is 0 Å². The SMILES string of the molecule is CCC1CCC(O)(CNc2cc(Cl)c(F)cc2N)CC1. The van der Waals surface area contributed by atoms with Crippen molar-refractivity contribution in [3.05, 3.63) is 23.0 Å². The molecule has 3 nitrogen and oxygen atoms in total. The number of aliphatic hydroxyl groups is 1. The van der Waals surface area contributed by atoms with E-state index in [4.69, 9.17) is 17.3 Å². The molecule has 0 spiro atoms. The van der Waals surface area contributed by atoms with Crippen LogP contribution in [-0.4, -0.2) is 17.3 Å². The molecule has 1 aliphatic rings. The highest BCUT2D eigenvalue weighted by Crippen LogP contribution is 2.34. The Bertz CT molecular complexity index is 473. The predicted octanol–water partition coefficient (Wildman–Crippen LogP) is 3.80. The van der Waals surface area contributed by atoms with Gasteiger partial charge in [0.1, 0.15) is 5.82 Å². The monoisotopic (exact) mass is 300 g/mol. The smallest absolute Gasteiger partial charge is 0.143 e. The normalized spacial score (nSPS) is 26.5. The van der Waals surface area contributed by atoms with E-state index >= 15 is 0 Å². The summed E-state index contributed by atoms with van der Waals surface area (Å²) in [6, 6.07) is 2.66. The van der Waals surface area contributed by atoms with Crippen molar-refractivity contribution in [1.82, 2.24) is 0 Å². The largest absolute Gasteiger partial charge is 0.397 e. The summed E-state index contributed by atoms with van der Waals surface area (Å²) in [7, 11) is 0. The van der Waals surface area contributed by atoms with Crippen LogP contribution in [0.5, 0.6) is 0 Å². The molecule has 0 aliphatic heterocycles. The minimum absolute atomic E-state index is 0.0309. The summed E-state index contributed by atoms with van der Waals surface area (Å²) in [5.41, 5.74) is 5.92. The van der Waals surface area contributed by atoms with Gasteiger partial charge in [0.15, 0.2) is 0 Å². The lowest BCUT2D eigenvalue weighted by Gasteiger charge is -2.36. The number of nitrogens with two attached hydrogens (primary N) is 1. The quantitative estimate of drug-likeness (QED) is 0.741. The Morgan fingerprint density at radius 1 is 1.45 bits per heavy atom. The van der Waals surface area contributed by atoms with Crippen LogP contribution in [0.3, 0.4) is 0 Å². The number of rotatable bonds is 4. The second-order valence-electron chi connectivity index (χ2n) is 5.78. The van der Waals surface area contributed by atoms with Crippen molar-refractivity contribution in [3.8, 4) is 0 Å². The predicted molar refractivity (Wildman–Crippen MR) is 81.5 cm³/mol. The zero-order valence-electron chi connectivity index (χ0n) is 11.8. The van der Waals surface area contributed by atoms with Crippen LogP contribution in [0.1, 0.15) is 39.0 Å². The third-order valence-electron chi connectivity index (χ3n) is 4.31. The number of halogens is 2. The molecular weight excluding hydrogens is 279 g/mol. The fourth-order valence-corrected chi connectivity index (χ4v) is 2.94. The van der Waals surface area contributed by atoms with Gasteiger partial charge in [0, 0.05) is 12.6 Å². The Morgan fingerprint density at radius 2 is 2.10 bits per heavy atom. The lowest BCUT2D eigenvalue weighted by atomic mass is 9.78. The van der Waals surface area contributed by atoms with Crippen LogP contribution in [0.2, 0.25) is 5.02 Å². The Kier molecular flexibility index (Phi) is 4.76. The second kappa shape index (κ2) is 6.19. The number of hydrogen-bond donors (Lipinski definition) is 3. The fraction of sp³-hybridized carbons (Fsp3) is 0.600. The first-order valence-electron chi connectivity index (χ1n) is 7.14. The highest BCUT2D eigenvalue weighted by molar-refractivity contribution is 6.31. The minimum atomic E-state index is -0.709. The number of benzene rings is 1. The summed E-state index contributed by atoms with van der Waals surface area (Å²) in [6.07, 6.45) is 4.84. The van der Waals surface area contributed by atoms with Gasteiger partial charge < -0.3 is 16.2 Å². The minimum Gasteiger partial charge on any atom is -0.397 e. The van der Waals surface area contributed by atoms with Gasteiger partial charge in [-0.2, -0.15) is 0 Å². The number of anilines is 2. The molecule has 1 aromatic rings. The lowest BCUT2D eigenvalue weighted by Crippen LogP contribution is -2.40. The first-order valence-corrected chi connectivity index (χ1v) is 7.52. The highest BCUT2D eigenvalue weighted by atomic mass is 35.5. The van der Waals surface area contributed by atoms with Crippen molar-refractivity contribution < 1.29 is 9.50 Å². The van der Waals surface area contributed by atoms with Crippen LogP contribution < -0.4 is 11.1 Å². The molecule has 4 N–H and O–H groups in total. The van der Waals surface area contributed by atoms with E-state index in [0.717, 1.165) is 31.6 Å². The van der Waals surface area contributed by atoms with Crippen LogP contribution in [0.25, 0.3) is 0 Å². The van der Waals surface area contributed by atoms with Gasteiger partial charge in [-0.1, -0.05) is 24.9 Å². The first-order chi connectivity index (χ1) is 9.43. The molecule has 1 fully saturated rings. The van der Waals surface area contributed by atoms with Gasteiger partial charge in [0.05, 0.1) is 22.0 Å². The van der Waals surface area contributed by atoms with E-state index in [-0.39, 0.29) is 5.02 Å². The molecule has 0 saturated heterocycles. The molecule has 0 aromatic heterocycles. The Balaban J connectivity index is 1.97. The summed E-state index contributed by atoms with van der Waals surface area (Å²) in [5.74, 6) is 0.192. The first kappa shape index (κ1) is 15.4. The standard InChI is InChI=1S/C15H22ClFN2O/c1-2-10-3-5-15(20,6-4-10)9-19-14-7-11(16)12(17)8-13(14)18/h7-8,10,19-20H,2-6,9,18H2,1H3. The average molecular weight is 301 g/mol. The molecule has 20 heavy (non-hydrogen) atoms. The molecule has 5 heteroatoms. The Morgan fingerprint density at radius 3 is 2.70 bits per heavy atom. The van der Waals surface area contributed by atoms with Crippen LogP contribution >= 0.6 is 11.6 Å². The topological polar surface area (TPSA) is 58.3 Å². The van der Waals surface area contributed by atoms with Gasteiger partial charge in [-0.15, -0.1) is 0 Å². The zero-order valence-corrected chi connectivity index (χ0v) is 12.5. The third kappa shape index (κ3) is 3.55. The van der Waals surface area contributed by atoms with Gasteiger partial charge in [-0.05, 0) is 37.7 Å². The molecule has 2 rings (SSSR count). The van der Waals surface area contributed by atoms with Crippen LogP contribution in [0.15, 0.2) is 12.1 Å². The molecule has 0 unspecified atom stereocenters. The second-order valence-corrected chi connectivity index (χ2v) is 6.19. The van der Waals surface area contributed by atoms with E-state index in [1.54, 1.807) is 0 Å². The molecule has 1 aliphatic carbocycles. The maximum absolute atomic E-state index is 13.2. The molecule has 112 valence electrons. The van der Waals surface area contributed by atoms with E-state index in [9.17, 15) is 9.50 Å². The number of hydrogen-bond acceptors (Lipinski definition) is 3. The molecule has 0 radical (unpaired) electrons. The van der Waals surface area contributed by atoms with Gasteiger partial charge in [0.25, 0.3) is 0 Å². The molecule has 1 saturated carbocycles. The molecular formula is C15H22ClFN2O. The van der Waals surface area contributed by atoms with Crippen molar-refractivity contribution in [2.24, 2.45) is 5.92 Å². The maximum Gasteiger partial charge on any atom is 0.143 e. The maximum atomic E-state index is 13.2. The van der Waals surface area contributed by atoms with Crippen molar-refractivity contribution in [2.45, 2.75) is 44.6 Å². The molecule has 0 heterocycles. The van der Waals surface area contributed by atoms with Crippen molar-refractivity contribution >= 4 is 23.0 Å². The van der Waals surface area contributed by atoms with E-state index in [0.29, 0.717) is 17.9 Å². The molecule has 0 amide bonds. The Hall–Kier alpha value is -1.00. The summed E-state index contributed by atoms with van der Waals surface area (Å²) >= 11 is 5.75. The summed E-state index contributed by atoms with van der Waals surface area (Å²) in [4.78, 5) is 0. The summed E-state index contributed by atoms with van der Waals surface area (Å²) in [6.45, 7) is 2.60. The van der Waals surface area contributed by atoms with Gasteiger partial charge in [-0.3, -0.25) is 0 Å². The van der Waals surface area contributed by atoms with E-state index in [1.165, 1.54) is 18.6 Å². The summed E-state index contributed by atoms with van der Waals surface area (Å²) in [5, 5.41) is 13.7. The fourth-order valence-electron chi connectivity index (χ4n) is 2.78. The van der Waals surface area contributed by atoms with E-state index in [1.807, 2.05) is 0 Å². The molecule has 0 atom stereocenters. The Labute approximate surface area is 124 Å². The van der Waals surface area contributed by atoms with E-state index < -0.39 is 11.4 Å².